The maximum absolute atomic E-state index is 13.0. The van der Waals surface area contributed by atoms with Crippen molar-refractivity contribution >= 4 is 28.2 Å². The van der Waals surface area contributed by atoms with Crippen LogP contribution in [-0.4, -0.2) is 18.5 Å². The van der Waals surface area contributed by atoms with Crippen LogP contribution < -0.4 is 20.1 Å². The van der Waals surface area contributed by atoms with Crippen molar-refractivity contribution in [2.24, 2.45) is 5.92 Å². The highest BCUT2D eigenvalue weighted by atomic mass is 32.1. The van der Waals surface area contributed by atoms with Gasteiger partial charge in [0.05, 0.1) is 18.4 Å². The third kappa shape index (κ3) is 3.75. The van der Waals surface area contributed by atoms with Crippen LogP contribution in [0.3, 0.4) is 0 Å². The van der Waals surface area contributed by atoms with Crippen LogP contribution in [0.1, 0.15) is 63.4 Å². The van der Waals surface area contributed by atoms with Crippen molar-refractivity contribution in [3.63, 3.8) is 0 Å². The molecule has 1 aromatic carbocycles. The van der Waals surface area contributed by atoms with Crippen LogP contribution >= 0.6 is 11.3 Å². The second-order valence-corrected chi connectivity index (χ2v) is 9.22. The minimum absolute atomic E-state index is 0.0536. The molecule has 1 aliphatic carbocycles. The van der Waals surface area contributed by atoms with Gasteiger partial charge in [0, 0.05) is 4.88 Å². The number of carbonyl (C=O) groups excluding carboxylic acids is 2. The maximum Gasteiger partial charge on any atom is 0.379 e. The molecule has 0 fully saturated rings. The van der Waals surface area contributed by atoms with Crippen molar-refractivity contribution < 1.29 is 23.5 Å². The molecule has 0 saturated carbocycles. The Balaban J connectivity index is 1.41. The molecule has 0 spiro atoms. The number of carbonyl (C=O) groups is 2. The lowest BCUT2D eigenvalue weighted by atomic mass is 9.88. The molecule has 3 heterocycles. The molecule has 2 atom stereocenters. The van der Waals surface area contributed by atoms with Gasteiger partial charge in [-0.05, 0) is 67.5 Å². The summed E-state index contributed by atoms with van der Waals surface area (Å²) in [4.78, 5) is 26.6. The third-order valence-electron chi connectivity index (χ3n) is 5.82. The molecule has 2 aliphatic rings. The fraction of sp³-hybridized carbons (Fsp3) is 0.333. The van der Waals surface area contributed by atoms with Crippen LogP contribution in [0.5, 0.6) is 11.5 Å². The highest BCUT2D eigenvalue weighted by Gasteiger charge is 2.33. The molecule has 2 N–H and O–H groups in total. The Morgan fingerprint density at radius 1 is 1.25 bits per heavy atom. The number of rotatable bonds is 5. The molecule has 3 aromatic rings. The molecule has 0 bridgehead atoms. The number of hydrogen-bond donors (Lipinski definition) is 2. The number of ether oxygens (including phenoxy) is 2. The van der Waals surface area contributed by atoms with E-state index < -0.39 is 12.1 Å². The number of anilines is 1. The van der Waals surface area contributed by atoms with E-state index in [-0.39, 0.29) is 11.7 Å². The summed E-state index contributed by atoms with van der Waals surface area (Å²) in [5.41, 5.74) is 2.80. The van der Waals surface area contributed by atoms with Gasteiger partial charge in [-0.3, -0.25) is 4.79 Å². The summed E-state index contributed by atoms with van der Waals surface area (Å²) in [5, 5.41) is 7.46. The van der Waals surface area contributed by atoms with Gasteiger partial charge < -0.3 is 24.5 Å². The fourth-order valence-electron chi connectivity index (χ4n) is 4.23. The summed E-state index contributed by atoms with van der Waals surface area (Å²) in [6, 6.07) is 8.43. The normalized spacial score (nSPS) is 19.4. The van der Waals surface area contributed by atoms with Crippen LogP contribution in [0.25, 0.3) is 0 Å². The van der Waals surface area contributed by atoms with Gasteiger partial charge in [-0.1, -0.05) is 13.0 Å². The molecule has 2 unspecified atom stereocenters. The molecule has 7 nitrogen and oxygen atoms in total. The Labute approximate surface area is 189 Å². The van der Waals surface area contributed by atoms with Crippen molar-refractivity contribution in [2.75, 3.05) is 11.9 Å². The van der Waals surface area contributed by atoms with E-state index in [9.17, 15) is 9.59 Å². The van der Waals surface area contributed by atoms with Gasteiger partial charge in [0.2, 0.25) is 5.76 Å². The molecule has 0 radical (unpaired) electrons. The van der Waals surface area contributed by atoms with E-state index >= 15 is 0 Å². The molecule has 0 saturated heterocycles. The predicted octanol–water partition coefficient (Wildman–Crippen LogP) is 4.94. The van der Waals surface area contributed by atoms with E-state index in [1.54, 1.807) is 29.5 Å². The van der Waals surface area contributed by atoms with E-state index in [1.807, 2.05) is 13.0 Å². The molecule has 1 amide bonds. The monoisotopic (exact) mass is 452 g/mol. The number of thiophene rings is 1. The van der Waals surface area contributed by atoms with Gasteiger partial charge in [0.15, 0.2) is 11.5 Å². The molecule has 5 rings (SSSR count). The standard InChI is InChI=1S/C24H24N2O5S/c1-3-29-18-12-14(7-9-16(18)31-24(28)17-5-4-10-30-17)21-25-22(27)20-15-8-6-13(2)11-19(15)32-23(20)26-21/h4-5,7,9-10,12-13,21,26H,3,6,8,11H2,1-2H3,(H,25,27). The topological polar surface area (TPSA) is 89.8 Å². The lowest BCUT2D eigenvalue weighted by Crippen LogP contribution is -2.38. The third-order valence-corrected chi connectivity index (χ3v) is 7.00. The van der Waals surface area contributed by atoms with Gasteiger partial charge in [0.1, 0.15) is 11.2 Å². The fourth-order valence-corrected chi connectivity index (χ4v) is 5.67. The first-order chi connectivity index (χ1) is 15.5. The summed E-state index contributed by atoms with van der Waals surface area (Å²) in [6.07, 6.45) is 4.10. The Hall–Kier alpha value is -3.26. The summed E-state index contributed by atoms with van der Waals surface area (Å²) >= 11 is 1.69. The van der Waals surface area contributed by atoms with Gasteiger partial charge in [-0.2, -0.15) is 0 Å². The van der Waals surface area contributed by atoms with Gasteiger partial charge in [0.25, 0.3) is 5.91 Å². The Bertz CT molecular complexity index is 1170. The van der Waals surface area contributed by atoms with Gasteiger partial charge >= 0.3 is 5.97 Å². The van der Waals surface area contributed by atoms with Gasteiger partial charge in [-0.25, -0.2) is 4.79 Å². The molecule has 2 aromatic heterocycles. The quantitative estimate of drug-likeness (QED) is 0.421. The van der Waals surface area contributed by atoms with E-state index in [0.29, 0.717) is 24.0 Å². The average Bonchev–Trinajstić information content (AvgIpc) is 3.42. The highest BCUT2D eigenvalue weighted by molar-refractivity contribution is 7.16. The zero-order valence-corrected chi connectivity index (χ0v) is 18.7. The Morgan fingerprint density at radius 3 is 2.91 bits per heavy atom. The average molecular weight is 453 g/mol. The van der Waals surface area contributed by atoms with Crippen molar-refractivity contribution in [1.29, 1.82) is 0 Å². The van der Waals surface area contributed by atoms with E-state index in [1.165, 1.54) is 22.8 Å². The SMILES string of the molecule is CCOc1cc(C2NC(=O)c3c(sc4c3CCC(C)C4)N2)ccc1OC(=O)c1ccco1. The molecule has 166 valence electrons. The Kier molecular flexibility index (Phi) is 5.38. The lowest BCUT2D eigenvalue weighted by Gasteiger charge is -2.27. The maximum atomic E-state index is 13.0. The predicted molar refractivity (Wildman–Crippen MR) is 121 cm³/mol. The number of amides is 1. The minimum atomic E-state index is -0.601. The number of esters is 1. The molecule has 32 heavy (non-hydrogen) atoms. The van der Waals surface area contributed by atoms with Crippen LogP contribution in [0.4, 0.5) is 5.00 Å². The number of fused-ring (bicyclic) bond motifs is 3. The first kappa shape index (κ1) is 20.6. The summed E-state index contributed by atoms with van der Waals surface area (Å²) < 4.78 is 16.3. The summed E-state index contributed by atoms with van der Waals surface area (Å²) in [6.45, 7) is 4.52. The smallest absolute Gasteiger partial charge is 0.379 e. The van der Waals surface area contributed by atoms with E-state index in [4.69, 9.17) is 13.9 Å². The number of furan rings is 1. The number of hydrogen-bond acceptors (Lipinski definition) is 7. The van der Waals surface area contributed by atoms with Crippen LogP contribution in [0, 0.1) is 5.92 Å². The first-order valence-corrected chi connectivity index (χ1v) is 11.6. The second kappa shape index (κ2) is 8.35. The van der Waals surface area contributed by atoms with Crippen molar-refractivity contribution in [3.8, 4) is 11.5 Å². The largest absolute Gasteiger partial charge is 0.490 e. The summed E-state index contributed by atoms with van der Waals surface area (Å²) in [7, 11) is 0. The molecule has 8 heteroatoms. The molecular weight excluding hydrogens is 428 g/mol. The highest BCUT2D eigenvalue weighted by Crippen LogP contribution is 2.43. The number of nitrogens with one attached hydrogen (secondary N) is 2. The lowest BCUT2D eigenvalue weighted by molar-refractivity contribution is 0.0695. The van der Waals surface area contributed by atoms with Crippen molar-refractivity contribution in [1.82, 2.24) is 5.32 Å². The van der Waals surface area contributed by atoms with E-state index in [2.05, 4.69) is 17.6 Å². The van der Waals surface area contributed by atoms with Crippen molar-refractivity contribution in [2.45, 2.75) is 39.3 Å². The van der Waals surface area contributed by atoms with Crippen molar-refractivity contribution in [3.05, 3.63) is 63.9 Å². The zero-order chi connectivity index (χ0) is 22.2. The summed E-state index contributed by atoms with van der Waals surface area (Å²) in [5.74, 6) is 0.817. The molecule has 1 aliphatic heterocycles. The van der Waals surface area contributed by atoms with E-state index in [0.717, 1.165) is 35.4 Å². The minimum Gasteiger partial charge on any atom is -0.490 e. The molecular formula is C24H24N2O5S. The first-order valence-electron chi connectivity index (χ1n) is 10.8. The zero-order valence-electron chi connectivity index (χ0n) is 17.9. The Morgan fingerprint density at radius 2 is 2.12 bits per heavy atom. The van der Waals surface area contributed by atoms with Gasteiger partial charge in [-0.15, -0.1) is 11.3 Å². The number of benzene rings is 1. The van der Waals surface area contributed by atoms with Crippen LogP contribution in [0.2, 0.25) is 0 Å². The van der Waals surface area contributed by atoms with Crippen LogP contribution in [-0.2, 0) is 12.8 Å². The second-order valence-electron chi connectivity index (χ2n) is 8.11. The van der Waals surface area contributed by atoms with Crippen LogP contribution in [0.15, 0.2) is 41.0 Å².